The van der Waals surface area contributed by atoms with Crippen LogP contribution in [0.4, 0.5) is 0 Å². The fourth-order valence-electron chi connectivity index (χ4n) is 3.02. The van der Waals surface area contributed by atoms with Crippen LogP contribution in [0.25, 0.3) is 0 Å². The Morgan fingerprint density at radius 1 is 1.31 bits per heavy atom. The molecule has 0 spiro atoms. The van der Waals surface area contributed by atoms with Gasteiger partial charge in [0.1, 0.15) is 12.1 Å². The number of hydrogen-bond donors (Lipinski definition) is 1. The van der Waals surface area contributed by atoms with E-state index < -0.39 is 0 Å². The van der Waals surface area contributed by atoms with Crippen LogP contribution in [0.1, 0.15) is 51.8 Å². The number of carbonyl (C=O) groups is 1. The van der Waals surface area contributed by atoms with E-state index in [0.29, 0.717) is 6.61 Å². The van der Waals surface area contributed by atoms with Gasteiger partial charge in [-0.15, -0.1) is 10.2 Å². The quantitative estimate of drug-likeness (QED) is 0.782. The number of nitrogens with zero attached hydrogens (tertiary/aromatic N) is 3. The van der Waals surface area contributed by atoms with Crippen molar-refractivity contribution >= 4 is 17.7 Å². The Hall–Kier alpha value is -2.02. The number of fused-ring (bicyclic) bond motifs is 1. The van der Waals surface area contributed by atoms with E-state index >= 15 is 0 Å². The van der Waals surface area contributed by atoms with Crippen LogP contribution in [0, 0.1) is 5.92 Å². The van der Waals surface area contributed by atoms with Gasteiger partial charge >= 0.3 is 0 Å². The lowest BCUT2D eigenvalue weighted by Crippen LogP contribution is -2.40. The fourth-order valence-corrected chi connectivity index (χ4v) is 4.17. The second-order valence-electron chi connectivity index (χ2n) is 7.13. The maximum Gasteiger partial charge on any atom is 0.234 e. The van der Waals surface area contributed by atoms with Gasteiger partial charge in [-0.3, -0.25) is 4.79 Å². The molecule has 7 heteroatoms. The van der Waals surface area contributed by atoms with E-state index in [0.717, 1.165) is 22.9 Å². The standard InChI is InChI=1S/C19H26N4O2S/c1-12(2)17(26-19-22-20-11-23(19)13(3)4)18(24)21-15-9-10-25-16-8-6-5-7-14(15)16/h5-8,11-13,15,17H,9-10H2,1-4H3,(H,21,24)/t15-,17+/m1/s1. The molecule has 1 aromatic heterocycles. The van der Waals surface area contributed by atoms with E-state index in [1.165, 1.54) is 11.8 Å². The number of nitrogens with one attached hydrogen (secondary N) is 1. The van der Waals surface area contributed by atoms with Gasteiger partial charge in [-0.1, -0.05) is 43.8 Å². The predicted molar refractivity (Wildman–Crippen MR) is 102 cm³/mol. The third-order valence-corrected chi connectivity index (χ3v) is 5.98. The van der Waals surface area contributed by atoms with Gasteiger partial charge in [-0.05, 0) is 25.8 Å². The van der Waals surface area contributed by atoms with E-state index in [9.17, 15) is 4.79 Å². The van der Waals surface area contributed by atoms with Crippen LogP contribution in [0.5, 0.6) is 5.75 Å². The van der Waals surface area contributed by atoms with Crippen molar-refractivity contribution in [3.05, 3.63) is 36.2 Å². The van der Waals surface area contributed by atoms with Gasteiger partial charge in [0.05, 0.1) is 17.9 Å². The Bertz CT molecular complexity index is 760. The highest BCUT2D eigenvalue weighted by Gasteiger charge is 2.30. The highest BCUT2D eigenvalue weighted by Crippen LogP contribution is 2.33. The average molecular weight is 375 g/mol. The van der Waals surface area contributed by atoms with Gasteiger partial charge in [0, 0.05) is 18.0 Å². The first-order valence-corrected chi connectivity index (χ1v) is 9.93. The monoisotopic (exact) mass is 374 g/mol. The smallest absolute Gasteiger partial charge is 0.234 e. The Labute approximate surface area is 158 Å². The van der Waals surface area contributed by atoms with Crippen molar-refractivity contribution in [3.63, 3.8) is 0 Å². The van der Waals surface area contributed by atoms with Crippen LogP contribution in [0.3, 0.4) is 0 Å². The first kappa shape index (κ1) is 18.8. The number of amides is 1. The third kappa shape index (κ3) is 4.03. The minimum atomic E-state index is -0.230. The van der Waals surface area contributed by atoms with Gasteiger partial charge in [0.15, 0.2) is 5.16 Å². The molecule has 3 rings (SSSR count). The van der Waals surface area contributed by atoms with Gasteiger partial charge in [-0.25, -0.2) is 0 Å². The lowest BCUT2D eigenvalue weighted by atomic mass is 10.00. The molecule has 1 amide bonds. The van der Waals surface area contributed by atoms with Crippen molar-refractivity contribution in [3.8, 4) is 5.75 Å². The largest absolute Gasteiger partial charge is 0.493 e. The molecular formula is C19H26N4O2S. The number of hydrogen-bond acceptors (Lipinski definition) is 5. The van der Waals surface area contributed by atoms with E-state index in [-0.39, 0.29) is 29.2 Å². The zero-order valence-electron chi connectivity index (χ0n) is 15.7. The summed E-state index contributed by atoms with van der Waals surface area (Å²) in [6.07, 6.45) is 2.50. The number of carbonyl (C=O) groups excluding carboxylic acids is 1. The lowest BCUT2D eigenvalue weighted by molar-refractivity contribution is -0.122. The summed E-state index contributed by atoms with van der Waals surface area (Å²) in [5.74, 6) is 1.06. The highest BCUT2D eigenvalue weighted by atomic mass is 32.2. The molecule has 1 N–H and O–H groups in total. The average Bonchev–Trinajstić information content (AvgIpc) is 3.08. The van der Waals surface area contributed by atoms with Crippen LogP contribution in [0.15, 0.2) is 35.7 Å². The second-order valence-corrected chi connectivity index (χ2v) is 8.24. The maximum atomic E-state index is 13.0. The van der Waals surface area contributed by atoms with Crippen LogP contribution < -0.4 is 10.1 Å². The zero-order chi connectivity index (χ0) is 18.7. The molecule has 0 bridgehead atoms. The number of benzene rings is 1. The van der Waals surface area contributed by atoms with Gasteiger partial charge in [-0.2, -0.15) is 0 Å². The van der Waals surface area contributed by atoms with E-state index in [1.54, 1.807) is 6.33 Å². The van der Waals surface area contributed by atoms with Gasteiger partial charge in [0.25, 0.3) is 0 Å². The molecule has 0 unspecified atom stereocenters. The molecule has 1 aliphatic heterocycles. The van der Waals surface area contributed by atoms with E-state index in [1.807, 2.05) is 28.8 Å². The number of para-hydroxylation sites is 1. The summed E-state index contributed by atoms with van der Waals surface area (Å²) in [4.78, 5) is 13.0. The molecule has 0 saturated carbocycles. The third-order valence-electron chi connectivity index (χ3n) is 4.47. The van der Waals surface area contributed by atoms with Crippen molar-refractivity contribution < 1.29 is 9.53 Å². The van der Waals surface area contributed by atoms with E-state index in [4.69, 9.17) is 4.74 Å². The summed E-state index contributed by atoms with van der Waals surface area (Å²) in [6.45, 7) is 8.90. The number of rotatable bonds is 6. The molecule has 1 aliphatic rings. The van der Waals surface area contributed by atoms with Gasteiger partial charge < -0.3 is 14.6 Å². The van der Waals surface area contributed by atoms with Crippen molar-refractivity contribution in [1.29, 1.82) is 0 Å². The highest BCUT2D eigenvalue weighted by molar-refractivity contribution is 8.00. The molecule has 2 heterocycles. The first-order chi connectivity index (χ1) is 12.5. The summed E-state index contributed by atoms with van der Waals surface area (Å²) in [5, 5.41) is 12.0. The minimum Gasteiger partial charge on any atom is -0.493 e. The van der Waals surface area contributed by atoms with Crippen LogP contribution in [-0.2, 0) is 4.79 Å². The maximum absolute atomic E-state index is 13.0. The van der Waals surface area contributed by atoms with Crippen molar-refractivity contribution in [2.24, 2.45) is 5.92 Å². The van der Waals surface area contributed by atoms with Gasteiger partial charge in [0.2, 0.25) is 5.91 Å². The Morgan fingerprint density at radius 3 is 2.81 bits per heavy atom. The first-order valence-electron chi connectivity index (χ1n) is 9.05. The molecule has 26 heavy (non-hydrogen) atoms. The topological polar surface area (TPSA) is 69.0 Å². The summed E-state index contributed by atoms with van der Waals surface area (Å²) in [5.41, 5.74) is 1.05. The van der Waals surface area contributed by atoms with Crippen molar-refractivity contribution in [2.45, 2.75) is 56.6 Å². The Morgan fingerprint density at radius 2 is 2.08 bits per heavy atom. The predicted octanol–water partition coefficient (Wildman–Crippen LogP) is 3.62. The number of ether oxygens (including phenoxy) is 1. The molecule has 2 aromatic rings. The molecule has 2 atom stereocenters. The van der Waals surface area contributed by atoms with Crippen LogP contribution >= 0.6 is 11.8 Å². The molecule has 0 radical (unpaired) electrons. The molecule has 140 valence electrons. The minimum absolute atomic E-state index is 0.0164. The summed E-state index contributed by atoms with van der Waals surface area (Å²) >= 11 is 1.48. The molecule has 1 aromatic carbocycles. The van der Waals surface area contributed by atoms with Crippen LogP contribution in [-0.4, -0.2) is 32.5 Å². The summed E-state index contributed by atoms with van der Waals surface area (Å²) in [7, 11) is 0. The fraction of sp³-hybridized carbons (Fsp3) is 0.526. The molecule has 6 nitrogen and oxygen atoms in total. The van der Waals surface area contributed by atoms with E-state index in [2.05, 4.69) is 43.2 Å². The number of aromatic nitrogens is 3. The molecule has 0 saturated heterocycles. The number of thioether (sulfide) groups is 1. The molecular weight excluding hydrogens is 348 g/mol. The van der Waals surface area contributed by atoms with Crippen LogP contribution in [0.2, 0.25) is 0 Å². The molecule has 0 aliphatic carbocycles. The SMILES string of the molecule is CC(C)[C@H](Sc1nncn1C(C)C)C(=O)N[C@@H]1CCOc2ccccc21. The van der Waals surface area contributed by atoms with Crippen molar-refractivity contribution in [2.75, 3.05) is 6.61 Å². The summed E-state index contributed by atoms with van der Waals surface area (Å²) in [6, 6.07) is 8.14. The normalized spacial score (nSPS) is 17.7. The Kier molecular flexibility index (Phi) is 5.86. The lowest BCUT2D eigenvalue weighted by Gasteiger charge is -2.29. The second kappa shape index (κ2) is 8.12. The summed E-state index contributed by atoms with van der Waals surface area (Å²) < 4.78 is 7.69. The molecule has 0 fully saturated rings. The Balaban J connectivity index is 1.75. The van der Waals surface area contributed by atoms with Crippen molar-refractivity contribution in [1.82, 2.24) is 20.1 Å². The zero-order valence-corrected chi connectivity index (χ0v) is 16.5.